The minimum absolute atomic E-state index is 0.0652. The van der Waals surface area contributed by atoms with E-state index in [1.165, 1.54) is 85.0 Å². The van der Waals surface area contributed by atoms with E-state index in [4.69, 9.17) is 15.0 Å². The van der Waals surface area contributed by atoms with Gasteiger partial charge in [0.05, 0.1) is 0 Å². The number of aromatic nitrogens is 3. The van der Waals surface area contributed by atoms with E-state index in [-0.39, 0.29) is 14.5 Å². The summed E-state index contributed by atoms with van der Waals surface area (Å²) < 4.78 is 2.85. The Morgan fingerprint density at radius 1 is 0.246 bits per heavy atom. The van der Waals surface area contributed by atoms with Crippen LogP contribution in [0.5, 0.6) is 0 Å². The van der Waals surface area contributed by atoms with Gasteiger partial charge in [-0.25, -0.2) is 0 Å². The predicted molar refractivity (Wildman–Crippen MR) is 274 cm³/mol. The van der Waals surface area contributed by atoms with Crippen LogP contribution < -0.4 is 0 Å². The maximum atomic E-state index is 5.24. The van der Waals surface area contributed by atoms with E-state index < -0.39 is 0 Å². The van der Waals surface area contributed by atoms with Gasteiger partial charge in [-0.05, 0) is 0 Å². The van der Waals surface area contributed by atoms with Crippen LogP contribution in [0.15, 0.2) is 224 Å². The molecule has 2 aromatic heterocycles. The van der Waals surface area contributed by atoms with Crippen LogP contribution in [0.3, 0.4) is 0 Å². The first kappa shape index (κ1) is 37.5. The van der Waals surface area contributed by atoms with Gasteiger partial charge in [0, 0.05) is 0 Å². The van der Waals surface area contributed by atoms with Crippen molar-refractivity contribution in [2.75, 3.05) is 0 Å². The molecule has 0 spiro atoms. The third-order valence-electron chi connectivity index (χ3n) is 12.9. The van der Waals surface area contributed by atoms with E-state index >= 15 is 0 Å². The molecule has 0 radical (unpaired) electrons. The van der Waals surface area contributed by atoms with Gasteiger partial charge in [0.1, 0.15) is 0 Å². The summed E-state index contributed by atoms with van der Waals surface area (Å²) in [4.78, 5) is 15.5. The van der Waals surface area contributed by atoms with Gasteiger partial charge in [-0.15, -0.1) is 0 Å². The molecule has 0 saturated carbocycles. The molecule has 0 fully saturated rings. The molecule has 0 N–H and O–H groups in total. The van der Waals surface area contributed by atoms with Crippen molar-refractivity contribution >= 4 is 76.9 Å². The van der Waals surface area contributed by atoms with Gasteiger partial charge in [0.15, 0.2) is 0 Å². The predicted octanol–water partition coefficient (Wildman–Crippen LogP) is 15.8. The number of nitrogens with zero attached hydrogens (tertiary/aromatic N) is 3. The van der Waals surface area contributed by atoms with Crippen LogP contribution in [0, 0.1) is 0 Å². The Balaban J connectivity index is 1.03. The molecule has 0 saturated heterocycles. The second-order valence-electron chi connectivity index (χ2n) is 16.6. The molecule has 0 aliphatic carbocycles. The second kappa shape index (κ2) is 15.4. The summed E-state index contributed by atoms with van der Waals surface area (Å²) >= 11 is 0.0652. The number of rotatable bonds is 6. The van der Waals surface area contributed by atoms with Gasteiger partial charge in [-0.3, -0.25) is 0 Å². The zero-order valence-corrected chi connectivity index (χ0v) is 36.8. The van der Waals surface area contributed by atoms with Crippen molar-refractivity contribution in [3.05, 3.63) is 224 Å². The van der Waals surface area contributed by atoms with E-state index in [2.05, 4.69) is 188 Å². The Bertz CT molecular complexity index is 3820. The van der Waals surface area contributed by atoms with Crippen LogP contribution in [0.4, 0.5) is 0 Å². The number of benzene rings is 11. The third-order valence-corrected chi connectivity index (χ3v) is 15.4. The zero-order chi connectivity index (χ0) is 42.8. The molecule has 0 aliphatic rings. The van der Waals surface area contributed by atoms with Crippen LogP contribution in [-0.2, 0) is 0 Å². The topological polar surface area (TPSA) is 38.7 Å². The first-order valence-corrected chi connectivity index (χ1v) is 23.7. The Hall–Kier alpha value is -8.01. The summed E-state index contributed by atoms with van der Waals surface area (Å²) in [6.45, 7) is 0. The molecule has 302 valence electrons. The molecule has 0 unspecified atom stereocenters. The van der Waals surface area contributed by atoms with Gasteiger partial charge in [-0.2, -0.15) is 0 Å². The Morgan fingerprint density at radius 2 is 0.631 bits per heavy atom. The average Bonchev–Trinajstić information content (AvgIpc) is 3.76. The van der Waals surface area contributed by atoms with Crippen molar-refractivity contribution in [1.82, 2.24) is 15.0 Å². The van der Waals surface area contributed by atoms with E-state index in [9.17, 15) is 0 Å². The molecule has 65 heavy (non-hydrogen) atoms. The summed E-state index contributed by atoms with van der Waals surface area (Å²) in [5.41, 5.74) is 10.5. The molecular weight excluding hydrogens is 854 g/mol. The minimum atomic E-state index is 0.0652. The van der Waals surface area contributed by atoms with Crippen LogP contribution >= 0.6 is 0 Å². The summed E-state index contributed by atoms with van der Waals surface area (Å²) in [6.07, 6.45) is 0. The van der Waals surface area contributed by atoms with Crippen LogP contribution in [-0.4, -0.2) is 29.5 Å². The number of fused-ring (bicyclic) bond motifs is 7. The first-order chi connectivity index (χ1) is 32.3. The SMILES string of the molecule is c1ccc(-c2nc(-c3ccccc3)nc(-c3c4ccccc4c(-c4ccc5c(c4)[se]c4c(-c6c7ccccc7c(-c7ccccc7)c7ccccc67)cccc45)c4ccccc34)n2)cc1. The molecule has 0 atom stereocenters. The number of hydrogen-bond acceptors (Lipinski definition) is 3. The zero-order valence-electron chi connectivity index (χ0n) is 35.1. The number of hydrogen-bond donors (Lipinski definition) is 0. The standard InChI is InChI=1S/C61H37N3Se/c1-4-19-38(20-5-1)54-43-25-10-14-29-47(43)56(48-30-15-11-26-44(48)54)52-34-18-33-51-42-36-35-41(37-53(42)65-58(51)52)55-45-27-12-16-31-49(45)57(50-32-17-13-28-46(50)55)61-63-59(39-21-6-2-7-22-39)62-60(64-61)40-23-8-3-9-24-40/h1-37H. The van der Waals surface area contributed by atoms with Crippen molar-refractivity contribution in [2.45, 2.75) is 0 Å². The van der Waals surface area contributed by atoms with E-state index in [0.717, 1.165) is 27.5 Å². The summed E-state index contributed by atoms with van der Waals surface area (Å²) in [5, 5.41) is 12.4. The minimum Gasteiger partial charge on any atom is -0.0615 e. The second-order valence-corrected chi connectivity index (χ2v) is 18.8. The molecule has 0 aliphatic heterocycles. The molecule has 13 aromatic rings. The molecule has 4 heteroatoms. The summed E-state index contributed by atoms with van der Waals surface area (Å²) in [5.74, 6) is 1.97. The Labute approximate surface area is 381 Å². The van der Waals surface area contributed by atoms with E-state index in [0.29, 0.717) is 17.5 Å². The molecule has 3 nitrogen and oxygen atoms in total. The van der Waals surface area contributed by atoms with Crippen molar-refractivity contribution < 1.29 is 0 Å². The summed E-state index contributed by atoms with van der Waals surface area (Å²) in [6, 6.07) is 81.0. The molecule has 2 heterocycles. The molecule has 13 rings (SSSR count). The molecule has 0 bridgehead atoms. The average molecular weight is 891 g/mol. The van der Waals surface area contributed by atoms with E-state index in [1.807, 2.05) is 36.4 Å². The van der Waals surface area contributed by atoms with Gasteiger partial charge >= 0.3 is 347 Å². The van der Waals surface area contributed by atoms with Gasteiger partial charge in [-0.1, -0.05) is 36.4 Å². The van der Waals surface area contributed by atoms with Crippen molar-refractivity contribution in [3.8, 4) is 67.5 Å². The molecular formula is C61H37N3Se. The van der Waals surface area contributed by atoms with E-state index in [1.54, 1.807) is 0 Å². The quantitative estimate of drug-likeness (QED) is 0.123. The van der Waals surface area contributed by atoms with Gasteiger partial charge in [0.2, 0.25) is 0 Å². The first-order valence-electron chi connectivity index (χ1n) is 22.0. The van der Waals surface area contributed by atoms with Crippen LogP contribution in [0.25, 0.3) is 130 Å². The van der Waals surface area contributed by atoms with Gasteiger partial charge in [0.25, 0.3) is 0 Å². The van der Waals surface area contributed by atoms with Crippen molar-refractivity contribution in [2.24, 2.45) is 0 Å². The Kier molecular flexibility index (Phi) is 8.87. The van der Waals surface area contributed by atoms with Crippen molar-refractivity contribution in [1.29, 1.82) is 0 Å². The monoisotopic (exact) mass is 891 g/mol. The van der Waals surface area contributed by atoms with Crippen LogP contribution in [0.1, 0.15) is 0 Å². The van der Waals surface area contributed by atoms with Gasteiger partial charge < -0.3 is 0 Å². The third kappa shape index (κ3) is 6.14. The Morgan fingerprint density at radius 3 is 1.12 bits per heavy atom. The molecule has 0 amide bonds. The van der Waals surface area contributed by atoms with Crippen LogP contribution in [0.2, 0.25) is 0 Å². The van der Waals surface area contributed by atoms with Crippen molar-refractivity contribution in [3.63, 3.8) is 0 Å². The normalized spacial score (nSPS) is 11.7. The summed E-state index contributed by atoms with van der Waals surface area (Å²) in [7, 11) is 0. The fraction of sp³-hybridized carbons (Fsp3) is 0. The molecule has 11 aromatic carbocycles. The smallest absolute Gasteiger partial charge is 0.0615 e. The fourth-order valence-corrected chi connectivity index (χ4v) is 12.7. The fourth-order valence-electron chi connectivity index (χ4n) is 10.1. The maximum absolute atomic E-state index is 5.24.